The zero-order chi connectivity index (χ0) is 25.2. The molecule has 0 aromatic heterocycles. The molecule has 0 saturated heterocycles. The highest BCUT2D eigenvalue weighted by atomic mass is 16.5. The Kier molecular flexibility index (Phi) is 6.47. The second-order valence-electron chi connectivity index (χ2n) is 8.87. The monoisotopic (exact) mass is 467 g/mol. The molecule has 1 aliphatic rings. The number of likely N-dealkylation sites (N-methyl/N-ethyl adjacent to an activating group) is 1. The zero-order valence-electron chi connectivity index (χ0n) is 19.8. The van der Waals surface area contributed by atoms with Gasteiger partial charge < -0.3 is 9.64 Å². The highest BCUT2D eigenvalue weighted by Gasteiger charge is 2.38. The Labute approximate surface area is 203 Å². The largest absolute Gasteiger partial charge is 0.454 e. The van der Waals surface area contributed by atoms with Crippen LogP contribution in [0.2, 0.25) is 0 Å². The summed E-state index contributed by atoms with van der Waals surface area (Å²) in [4.78, 5) is 51.8. The number of carbonyl (C=O) groups excluding carboxylic acids is 4. The van der Waals surface area contributed by atoms with E-state index in [1.165, 1.54) is 30.3 Å². The second kappa shape index (κ2) is 9.50. The van der Waals surface area contributed by atoms with Crippen molar-refractivity contribution in [2.75, 3.05) is 18.6 Å². The summed E-state index contributed by atoms with van der Waals surface area (Å²) in [5.74, 6) is -2.31. The Bertz CT molecular complexity index is 1340. The summed E-state index contributed by atoms with van der Waals surface area (Å²) < 4.78 is 5.19. The summed E-state index contributed by atoms with van der Waals surface area (Å²) in [5.41, 5.74) is 3.28. The molecule has 0 N–H and O–H groups in total. The van der Waals surface area contributed by atoms with Gasteiger partial charge in [0.1, 0.15) is 0 Å². The first-order valence-corrected chi connectivity index (χ1v) is 11.2. The quantitative estimate of drug-likeness (QED) is 0.215. The number of rotatable bonds is 7. The lowest BCUT2D eigenvalue weighted by atomic mass is 9.83. The molecule has 6 heteroatoms. The van der Waals surface area contributed by atoms with Crippen LogP contribution in [0.3, 0.4) is 0 Å². The van der Waals surface area contributed by atoms with Crippen molar-refractivity contribution in [3.8, 4) is 0 Å². The zero-order valence-corrected chi connectivity index (χ0v) is 19.8. The number of para-hydroxylation sites is 1. The van der Waals surface area contributed by atoms with Crippen molar-refractivity contribution < 1.29 is 23.9 Å². The number of carbonyl (C=O) groups is 4. The van der Waals surface area contributed by atoms with Crippen LogP contribution in [0.5, 0.6) is 0 Å². The van der Waals surface area contributed by atoms with Crippen LogP contribution in [0.1, 0.15) is 50.5 Å². The van der Waals surface area contributed by atoms with Gasteiger partial charge in [-0.2, -0.15) is 0 Å². The van der Waals surface area contributed by atoms with E-state index in [0.717, 1.165) is 16.9 Å². The number of ketones is 3. The van der Waals surface area contributed by atoms with Gasteiger partial charge in [0.2, 0.25) is 11.6 Å². The van der Waals surface area contributed by atoms with E-state index in [1.54, 1.807) is 30.3 Å². The Hall–Kier alpha value is -4.32. The van der Waals surface area contributed by atoms with Crippen LogP contribution in [-0.2, 0) is 14.9 Å². The highest BCUT2D eigenvalue weighted by molar-refractivity contribution is 6.49. The molecule has 0 unspecified atom stereocenters. The number of hydrogen-bond acceptors (Lipinski definition) is 6. The van der Waals surface area contributed by atoms with Gasteiger partial charge in [-0.15, -0.1) is 0 Å². The number of benzene rings is 3. The normalized spacial score (nSPS) is 14.9. The van der Waals surface area contributed by atoms with Crippen molar-refractivity contribution >= 4 is 29.0 Å². The number of Topliss-reactive ketones (excluding diaryl/α,β-unsaturated/α-hetero) is 2. The minimum Gasteiger partial charge on any atom is -0.454 e. The molecule has 0 bridgehead atoms. The molecule has 176 valence electrons. The van der Waals surface area contributed by atoms with Gasteiger partial charge >= 0.3 is 5.97 Å². The van der Waals surface area contributed by atoms with E-state index in [0.29, 0.717) is 5.56 Å². The number of ether oxygens (including phenoxy) is 1. The van der Waals surface area contributed by atoms with Gasteiger partial charge in [0.25, 0.3) is 0 Å². The maximum absolute atomic E-state index is 12.6. The third-order valence-corrected chi connectivity index (χ3v) is 6.21. The number of fused-ring (bicyclic) bond motifs is 1. The Morgan fingerprint density at radius 3 is 1.94 bits per heavy atom. The van der Waals surface area contributed by atoms with Gasteiger partial charge in [-0.25, -0.2) is 4.79 Å². The molecule has 0 saturated carbocycles. The molecule has 0 amide bonds. The molecular weight excluding hydrogens is 442 g/mol. The molecular formula is C29H25NO5. The fraction of sp³-hybridized carbons (Fsp3) is 0.172. The van der Waals surface area contributed by atoms with Crippen molar-refractivity contribution in [2.45, 2.75) is 19.3 Å². The maximum atomic E-state index is 12.6. The van der Waals surface area contributed by atoms with Crippen LogP contribution in [-0.4, -0.2) is 37.0 Å². The molecule has 1 heterocycles. The molecule has 0 fully saturated rings. The Morgan fingerprint density at radius 1 is 0.771 bits per heavy atom. The molecule has 0 radical (unpaired) electrons. The number of allylic oxidation sites excluding steroid dienone is 1. The van der Waals surface area contributed by atoms with Crippen molar-refractivity contribution in [1.29, 1.82) is 0 Å². The predicted octanol–water partition coefficient (Wildman–Crippen LogP) is 4.79. The van der Waals surface area contributed by atoms with Crippen LogP contribution in [0.15, 0.2) is 90.6 Å². The summed E-state index contributed by atoms with van der Waals surface area (Å²) in [6.45, 7) is 3.69. The van der Waals surface area contributed by atoms with Crippen molar-refractivity contribution in [3.63, 3.8) is 0 Å². The van der Waals surface area contributed by atoms with Gasteiger partial charge in [-0.1, -0.05) is 74.5 Å². The lowest BCUT2D eigenvalue weighted by molar-refractivity contribution is -0.117. The first-order valence-electron chi connectivity index (χ1n) is 11.2. The first kappa shape index (κ1) is 23.8. The minimum atomic E-state index is -0.688. The molecule has 6 nitrogen and oxygen atoms in total. The lowest BCUT2D eigenvalue weighted by Gasteiger charge is -2.23. The van der Waals surface area contributed by atoms with Gasteiger partial charge in [0.15, 0.2) is 12.4 Å². The topological polar surface area (TPSA) is 80.8 Å². The average Bonchev–Trinajstić information content (AvgIpc) is 3.07. The van der Waals surface area contributed by atoms with E-state index < -0.39 is 24.1 Å². The van der Waals surface area contributed by atoms with Crippen LogP contribution < -0.4 is 4.90 Å². The first-order chi connectivity index (χ1) is 16.7. The van der Waals surface area contributed by atoms with E-state index >= 15 is 0 Å². The van der Waals surface area contributed by atoms with Gasteiger partial charge in [-0.05, 0) is 23.8 Å². The highest BCUT2D eigenvalue weighted by Crippen LogP contribution is 2.46. The van der Waals surface area contributed by atoms with E-state index in [1.807, 2.05) is 50.1 Å². The molecule has 4 rings (SSSR count). The molecule has 3 aromatic carbocycles. The number of hydrogen-bond donors (Lipinski definition) is 0. The van der Waals surface area contributed by atoms with E-state index in [9.17, 15) is 19.2 Å². The van der Waals surface area contributed by atoms with E-state index in [2.05, 4.69) is 0 Å². The van der Waals surface area contributed by atoms with Crippen LogP contribution in [0.4, 0.5) is 5.69 Å². The minimum absolute atomic E-state index is 0.169. The summed E-state index contributed by atoms with van der Waals surface area (Å²) in [6, 6.07) is 21.8. The Balaban J connectivity index is 1.39. The molecule has 0 aliphatic carbocycles. The molecule has 0 spiro atoms. The third-order valence-electron chi connectivity index (χ3n) is 6.21. The fourth-order valence-electron chi connectivity index (χ4n) is 4.28. The summed E-state index contributed by atoms with van der Waals surface area (Å²) in [5, 5.41) is 0. The molecule has 35 heavy (non-hydrogen) atoms. The van der Waals surface area contributed by atoms with E-state index in [-0.39, 0.29) is 22.3 Å². The molecule has 1 aliphatic heterocycles. The summed E-state index contributed by atoms with van der Waals surface area (Å²) in [7, 11) is 1.91. The van der Waals surface area contributed by atoms with Crippen LogP contribution in [0, 0.1) is 0 Å². The van der Waals surface area contributed by atoms with Gasteiger partial charge in [0.05, 0.1) is 5.56 Å². The maximum Gasteiger partial charge on any atom is 0.338 e. The number of esters is 1. The lowest BCUT2D eigenvalue weighted by Crippen LogP contribution is -2.25. The standard InChI is InChI=1S/C29H25NO5/c1-29(2)23-11-7-8-12-24(23)30(3)25(29)17-22(31)18-35-28(34)21-15-13-20(14-16-21)27(33)26(32)19-9-5-4-6-10-19/h4-17H,18H2,1-3H3/b25-17-. The van der Waals surface area contributed by atoms with Crippen molar-refractivity contribution in [1.82, 2.24) is 0 Å². The van der Waals surface area contributed by atoms with Gasteiger partial charge in [-0.3, -0.25) is 14.4 Å². The van der Waals surface area contributed by atoms with Crippen LogP contribution in [0.25, 0.3) is 0 Å². The summed E-state index contributed by atoms with van der Waals surface area (Å²) in [6.07, 6.45) is 1.52. The number of nitrogens with zero attached hydrogens (tertiary/aromatic N) is 1. The van der Waals surface area contributed by atoms with Gasteiger partial charge in [0, 0.05) is 41.1 Å². The SMILES string of the molecule is CN1/C(=C\C(=O)COC(=O)c2ccc(C(=O)C(=O)c3ccccc3)cc2)C(C)(C)c2ccccc21. The van der Waals surface area contributed by atoms with Crippen molar-refractivity contribution in [3.05, 3.63) is 113 Å². The van der Waals surface area contributed by atoms with Crippen molar-refractivity contribution in [2.24, 2.45) is 0 Å². The molecule has 0 atom stereocenters. The smallest absolute Gasteiger partial charge is 0.338 e. The molecule has 3 aromatic rings. The second-order valence-corrected chi connectivity index (χ2v) is 8.87. The number of anilines is 1. The predicted molar refractivity (Wildman–Crippen MR) is 133 cm³/mol. The van der Waals surface area contributed by atoms with E-state index in [4.69, 9.17) is 4.74 Å². The fourth-order valence-corrected chi connectivity index (χ4v) is 4.28. The Morgan fingerprint density at radius 2 is 1.31 bits per heavy atom. The van der Waals surface area contributed by atoms with Crippen LogP contribution >= 0.6 is 0 Å². The third kappa shape index (κ3) is 4.68. The summed E-state index contributed by atoms with van der Waals surface area (Å²) >= 11 is 0. The average molecular weight is 468 g/mol.